The molecule has 0 spiro atoms. The minimum absolute atomic E-state index is 0.0448. The number of aromatic amines is 1. The van der Waals surface area contributed by atoms with Gasteiger partial charge in [-0.2, -0.15) is 0 Å². The predicted molar refractivity (Wildman–Crippen MR) is 102 cm³/mol. The van der Waals surface area contributed by atoms with Crippen LogP contribution in [0.4, 0.5) is 0 Å². The molecular formula is C21H18N2O3. The van der Waals surface area contributed by atoms with Gasteiger partial charge in [0.15, 0.2) is 0 Å². The Morgan fingerprint density at radius 3 is 2.58 bits per heavy atom. The van der Waals surface area contributed by atoms with Gasteiger partial charge >= 0.3 is 5.69 Å². The summed E-state index contributed by atoms with van der Waals surface area (Å²) in [5.41, 5.74) is 2.18. The number of hydrogen-bond acceptors (Lipinski definition) is 3. The first kappa shape index (κ1) is 16.0. The van der Waals surface area contributed by atoms with Crippen LogP contribution in [0.5, 0.6) is 11.5 Å². The van der Waals surface area contributed by atoms with Crippen LogP contribution in [-0.2, 0) is 6.42 Å². The number of nitrogens with one attached hydrogen (secondary N) is 1. The molecule has 0 amide bonds. The molecule has 0 bridgehead atoms. The number of aromatic hydroxyl groups is 2. The zero-order valence-electron chi connectivity index (χ0n) is 14.2. The fourth-order valence-corrected chi connectivity index (χ4v) is 3.32. The average Bonchev–Trinajstić information content (AvgIpc) is 3.02. The Morgan fingerprint density at radius 2 is 1.77 bits per heavy atom. The number of aromatic nitrogens is 2. The SMILES string of the molecule is CCc1cc(-c2c[nH]c(=O)n2-c2cccc3ccccc23)c(O)cc1O. The normalized spacial score (nSPS) is 11.1. The molecule has 4 rings (SSSR count). The van der Waals surface area contributed by atoms with Crippen molar-refractivity contribution in [1.82, 2.24) is 9.55 Å². The van der Waals surface area contributed by atoms with Gasteiger partial charge in [0, 0.05) is 23.2 Å². The molecule has 5 heteroatoms. The van der Waals surface area contributed by atoms with E-state index in [2.05, 4.69) is 4.98 Å². The molecule has 26 heavy (non-hydrogen) atoms. The van der Waals surface area contributed by atoms with E-state index in [4.69, 9.17) is 0 Å². The van der Waals surface area contributed by atoms with Crippen molar-refractivity contribution < 1.29 is 10.2 Å². The van der Waals surface area contributed by atoms with Gasteiger partial charge in [0.1, 0.15) is 11.5 Å². The number of nitrogens with zero attached hydrogens (tertiary/aromatic N) is 1. The Labute approximate surface area is 149 Å². The van der Waals surface area contributed by atoms with Crippen LogP contribution in [0, 0.1) is 0 Å². The quantitative estimate of drug-likeness (QED) is 0.525. The van der Waals surface area contributed by atoms with Crippen LogP contribution < -0.4 is 5.69 Å². The molecule has 1 aromatic heterocycles. The minimum atomic E-state index is -0.290. The molecule has 0 radical (unpaired) electrons. The Balaban J connectivity index is 2.02. The van der Waals surface area contributed by atoms with Gasteiger partial charge in [-0.25, -0.2) is 4.79 Å². The van der Waals surface area contributed by atoms with Gasteiger partial charge in [0.25, 0.3) is 0 Å². The average molecular weight is 346 g/mol. The highest BCUT2D eigenvalue weighted by molar-refractivity contribution is 5.91. The van der Waals surface area contributed by atoms with Crippen LogP contribution >= 0.6 is 0 Å². The van der Waals surface area contributed by atoms with Crippen LogP contribution in [0.25, 0.3) is 27.7 Å². The first-order valence-electron chi connectivity index (χ1n) is 8.44. The lowest BCUT2D eigenvalue weighted by Crippen LogP contribution is -2.16. The number of benzene rings is 3. The summed E-state index contributed by atoms with van der Waals surface area (Å²) in [6, 6.07) is 16.6. The molecule has 0 saturated heterocycles. The zero-order chi connectivity index (χ0) is 18.3. The number of aryl methyl sites for hydroxylation is 1. The van der Waals surface area contributed by atoms with E-state index in [-0.39, 0.29) is 17.2 Å². The van der Waals surface area contributed by atoms with Crippen molar-refractivity contribution in [1.29, 1.82) is 0 Å². The second kappa shape index (κ2) is 6.11. The predicted octanol–water partition coefficient (Wildman–Crippen LogP) is 3.96. The van der Waals surface area contributed by atoms with Crippen LogP contribution in [-0.4, -0.2) is 19.8 Å². The molecule has 0 saturated carbocycles. The Morgan fingerprint density at radius 1 is 1.00 bits per heavy atom. The molecular weight excluding hydrogens is 328 g/mol. The van der Waals surface area contributed by atoms with Gasteiger partial charge < -0.3 is 15.2 Å². The highest BCUT2D eigenvalue weighted by Crippen LogP contribution is 2.36. The lowest BCUT2D eigenvalue weighted by atomic mass is 10.0. The van der Waals surface area contributed by atoms with Crippen molar-refractivity contribution in [3.05, 3.63) is 76.8 Å². The fourth-order valence-electron chi connectivity index (χ4n) is 3.32. The third kappa shape index (κ3) is 2.45. The summed E-state index contributed by atoms with van der Waals surface area (Å²) in [5.74, 6) is -0.0315. The summed E-state index contributed by atoms with van der Waals surface area (Å²) < 4.78 is 1.55. The van der Waals surface area contributed by atoms with E-state index in [0.29, 0.717) is 23.2 Å². The summed E-state index contributed by atoms with van der Waals surface area (Å²) >= 11 is 0. The maximum atomic E-state index is 12.6. The van der Waals surface area contributed by atoms with E-state index in [9.17, 15) is 15.0 Å². The monoisotopic (exact) mass is 346 g/mol. The molecule has 3 N–H and O–H groups in total. The molecule has 5 nitrogen and oxygen atoms in total. The van der Waals surface area contributed by atoms with Gasteiger partial charge in [-0.15, -0.1) is 0 Å². The fraction of sp³-hybridized carbons (Fsp3) is 0.0952. The zero-order valence-corrected chi connectivity index (χ0v) is 14.2. The van der Waals surface area contributed by atoms with Crippen LogP contribution in [0.15, 0.2) is 65.6 Å². The van der Waals surface area contributed by atoms with E-state index in [1.54, 1.807) is 16.8 Å². The number of phenolic OH excluding ortho intramolecular Hbond substituents is 2. The van der Waals surface area contributed by atoms with Crippen LogP contribution in [0.3, 0.4) is 0 Å². The summed E-state index contributed by atoms with van der Waals surface area (Å²) in [4.78, 5) is 15.3. The topological polar surface area (TPSA) is 78.2 Å². The first-order valence-corrected chi connectivity index (χ1v) is 8.44. The molecule has 1 heterocycles. The first-order chi connectivity index (χ1) is 12.6. The van der Waals surface area contributed by atoms with Crippen molar-refractivity contribution in [2.75, 3.05) is 0 Å². The van der Waals surface area contributed by atoms with Crippen molar-refractivity contribution in [3.63, 3.8) is 0 Å². The highest BCUT2D eigenvalue weighted by atomic mass is 16.3. The molecule has 0 unspecified atom stereocenters. The summed E-state index contributed by atoms with van der Waals surface area (Å²) in [5, 5.41) is 22.3. The third-order valence-electron chi connectivity index (χ3n) is 4.64. The molecule has 0 aliphatic heterocycles. The van der Waals surface area contributed by atoms with Crippen molar-refractivity contribution >= 4 is 10.8 Å². The Kier molecular flexibility index (Phi) is 3.77. The van der Waals surface area contributed by atoms with E-state index in [1.807, 2.05) is 49.4 Å². The summed E-state index contributed by atoms with van der Waals surface area (Å²) in [6.45, 7) is 1.92. The number of hydrogen-bond donors (Lipinski definition) is 3. The summed E-state index contributed by atoms with van der Waals surface area (Å²) in [6.07, 6.45) is 2.19. The highest BCUT2D eigenvalue weighted by Gasteiger charge is 2.17. The van der Waals surface area contributed by atoms with Gasteiger partial charge in [0.2, 0.25) is 0 Å². The van der Waals surface area contributed by atoms with E-state index < -0.39 is 0 Å². The van der Waals surface area contributed by atoms with Gasteiger partial charge in [-0.3, -0.25) is 4.57 Å². The van der Waals surface area contributed by atoms with E-state index >= 15 is 0 Å². The third-order valence-corrected chi connectivity index (χ3v) is 4.64. The number of imidazole rings is 1. The smallest absolute Gasteiger partial charge is 0.330 e. The number of H-pyrrole nitrogens is 1. The Hall–Kier alpha value is -3.47. The molecule has 0 aliphatic rings. The van der Waals surface area contributed by atoms with Gasteiger partial charge in [-0.1, -0.05) is 43.3 Å². The standard InChI is InChI=1S/C21H18N2O3/c1-2-13-10-16(20(25)11-19(13)24)18-12-22-21(26)23(18)17-9-5-7-14-6-3-4-8-15(14)17/h3-12,24-25H,2H2,1H3,(H,22,26). The van der Waals surface area contributed by atoms with Gasteiger partial charge in [-0.05, 0) is 29.5 Å². The lowest BCUT2D eigenvalue weighted by molar-refractivity contribution is 0.447. The maximum absolute atomic E-state index is 12.6. The summed E-state index contributed by atoms with van der Waals surface area (Å²) in [7, 11) is 0. The molecule has 0 atom stereocenters. The number of fused-ring (bicyclic) bond motifs is 1. The second-order valence-electron chi connectivity index (χ2n) is 6.16. The molecule has 0 aliphatic carbocycles. The second-order valence-corrected chi connectivity index (χ2v) is 6.16. The van der Waals surface area contributed by atoms with Crippen molar-refractivity contribution in [2.24, 2.45) is 0 Å². The Bertz CT molecular complexity index is 1170. The van der Waals surface area contributed by atoms with E-state index in [0.717, 1.165) is 16.5 Å². The van der Waals surface area contributed by atoms with Crippen molar-refractivity contribution in [3.8, 4) is 28.4 Å². The number of rotatable bonds is 3. The minimum Gasteiger partial charge on any atom is -0.508 e. The maximum Gasteiger partial charge on any atom is 0.330 e. The van der Waals surface area contributed by atoms with Crippen LogP contribution in [0.1, 0.15) is 12.5 Å². The lowest BCUT2D eigenvalue weighted by Gasteiger charge is -2.13. The van der Waals surface area contributed by atoms with Gasteiger partial charge in [0.05, 0.1) is 11.4 Å². The molecule has 0 fully saturated rings. The molecule has 4 aromatic rings. The molecule has 130 valence electrons. The largest absolute Gasteiger partial charge is 0.508 e. The molecule has 3 aromatic carbocycles. The number of phenols is 2. The van der Waals surface area contributed by atoms with Crippen molar-refractivity contribution in [2.45, 2.75) is 13.3 Å². The van der Waals surface area contributed by atoms with Crippen LogP contribution in [0.2, 0.25) is 0 Å². The van der Waals surface area contributed by atoms with E-state index in [1.165, 1.54) is 6.07 Å².